The summed E-state index contributed by atoms with van der Waals surface area (Å²) in [5.74, 6) is -0.229. The molecule has 1 aliphatic carbocycles. The van der Waals surface area contributed by atoms with Gasteiger partial charge in [-0.05, 0) is 32.1 Å². The maximum atomic E-state index is 12.9. The maximum absolute atomic E-state index is 12.9. The fraction of sp³-hybridized carbons (Fsp3) is 0.333. The molecule has 6 heteroatoms. The van der Waals surface area contributed by atoms with Crippen molar-refractivity contribution in [1.29, 1.82) is 0 Å². The zero-order valence-electron chi connectivity index (χ0n) is 14.5. The summed E-state index contributed by atoms with van der Waals surface area (Å²) in [6, 6.07) is 0. The van der Waals surface area contributed by atoms with Crippen LogP contribution in [-0.2, 0) is 18.3 Å². The molecule has 0 bridgehead atoms. The number of rotatable bonds is 5. The van der Waals surface area contributed by atoms with Crippen molar-refractivity contribution < 1.29 is 9.28 Å². The number of nitrogens with zero attached hydrogens (tertiary/aromatic N) is 3. The molecule has 1 aliphatic rings. The molecule has 0 atom stereocenters. The van der Waals surface area contributed by atoms with E-state index in [1.54, 1.807) is 18.2 Å². The number of carbonyl (C=O) groups excluding carboxylic acids is 1. The first-order chi connectivity index (χ1) is 11.4. The topological polar surface area (TPSA) is 50.2 Å². The number of aryl methyl sites for hydroxylation is 2. The molecule has 0 fully saturated rings. The molecule has 0 unspecified atom stereocenters. The Morgan fingerprint density at radius 3 is 2.96 bits per heavy atom. The number of amides is 1. The van der Waals surface area contributed by atoms with E-state index in [0.717, 1.165) is 23.4 Å². The third-order valence-electron chi connectivity index (χ3n) is 3.73. The lowest BCUT2D eigenvalue weighted by atomic mass is 10.1. The summed E-state index contributed by atoms with van der Waals surface area (Å²) >= 11 is 0. The zero-order valence-corrected chi connectivity index (χ0v) is 14.5. The van der Waals surface area contributed by atoms with Crippen LogP contribution in [0.25, 0.3) is 6.08 Å². The number of hydrogen-bond donors (Lipinski definition) is 1. The van der Waals surface area contributed by atoms with Crippen LogP contribution in [0, 0.1) is 6.92 Å². The predicted molar refractivity (Wildman–Crippen MR) is 93.5 cm³/mol. The molecule has 1 aromatic heterocycles. The molecule has 1 aromatic rings. The highest BCUT2D eigenvalue weighted by Gasteiger charge is 2.16. The van der Waals surface area contributed by atoms with E-state index in [9.17, 15) is 9.28 Å². The lowest BCUT2D eigenvalue weighted by Crippen LogP contribution is -2.24. The van der Waals surface area contributed by atoms with E-state index in [0.29, 0.717) is 16.4 Å². The van der Waals surface area contributed by atoms with Crippen LogP contribution < -0.4 is 5.32 Å². The van der Waals surface area contributed by atoms with Gasteiger partial charge in [-0.3, -0.25) is 9.48 Å². The minimum atomic E-state index is -0.229. The minimum absolute atomic E-state index is 0.0979. The van der Waals surface area contributed by atoms with Gasteiger partial charge in [0.15, 0.2) is 0 Å². The average Bonchev–Trinajstić information content (AvgIpc) is 2.70. The first-order valence-electron chi connectivity index (χ1n) is 7.84. The van der Waals surface area contributed by atoms with E-state index in [2.05, 4.69) is 10.4 Å². The average molecular weight is 330 g/mol. The minimum Gasteiger partial charge on any atom is -0.322 e. The monoisotopic (exact) mass is 330 g/mol. The van der Waals surface area contributed by atoms with E-state index in [1.807, 2.05) is 43.8 Å². The van der Waals surface area contributed by atoms with E-state index >= 15 is 0 Å². The molecule has 0 aliphatic heterocycles. The van der Waals surface area contributed by atoms with Gasteiger partial charge in [-0.25, -0.2) is 0 Å². The Labute approximate surface area is 141 Å². The molecule has 0 saturated heterocycles. The number of allylic oxidation sites excluding steroid dienone is 3. The second kappa shape index (κ2) is 7.88. The third kappa shape index (κ3) is 4.29. The third-order valence-corrected chi connectivity index (χ3v) is 3.73. The second-order valence-electron chi connectivity index (χ2n) is 5.68. The molecule has 1 heterocycles. The molecular formula is C18H23FN4O. The van der Waals surface area contributed by atoms with Crippen LogP contribution >= 0.6 is 0 Å². The highest BCUT2D eigenvalue weighted by Crippen LogP contribution is 2.21. The van der Waals surface area contributed by atoms with Gasteiger partial charge in [0.1, 0.15) is 0 Å². The molecule has 1 N–H and O–H groups in total. The van der Waals surface area contributed by atoms with E-state index in [1.165, 1.54) is 7.05 Å². The predicted octanol–water partition coefficient (Wildman–Crippen LogP) is 2.62. The quantitative estimate of drug-likeness (QED) is 0.667. The van der Waals surface area contributed by atoms with Crippen molar-refractivity contribution in [3.8, 4) is 0 Å². The van der Waals surface area contributed by atoms with Gasteiger partial charge in [-0.1, -0.05) is 18.2 Å². The van der Waals surface area contributed by atoms with Gasteiger partial charge in [0.25, 0.3) is 5.91 Å². The van der Waals surface area contributed by atoms with Crippen LogP contribution in [-0.4, -0.2) is 34.4 Å². The van der Waals surface area contributed by atoms with E-state index in [-0.39, 0.29) is 12.5 Å². The zero-order chi connectivity index (χ0) is 17.7. The molecule has 0 spiro atoms. The molecule has 0 aromatic carbocycles. The van der Waals surface area contributed by atoms with Crippen molar-refractivity contribution >= 4 is 12.0 Å². The fourth-order valence-electron chi connectivity index (χ4n) is 2.56. The fourth-order valence-corrected chi connectivity index (χ4v) is 2.56. The molecule has 128 valence electrons. The molecule has 2 rings (SSSR count). The van der Waals surface area contributed by atoms with Crippen molar-refractivity contribution in [3.63, 3.8) is 0 Å². The Hall–Kier alpha value is -2.47. The van der Waals surface area contributed by atoms with Crippen LogP contribution in [0.5, 0.6) is 0 Å². The first-order valence-corrected chi connectivity index (χ1v) is 7.84. The van der Waals surface area contributed by atoms with Crippen LogP contribution in [0.3, 0.4) is 0 Å². The summed E-state index contributed by atoms with van der Waals surface area (Å²) < 4.78 is 14.7. The number of halogens is 1. The summed E-state index contributed by atoms with van der Waals surface area (Å²) in [6.45, 7) is 3.87. The maximum Gasteiger partial charge on any atom is 0.255 e. The number of fused-ring (bicyclic) bond motifs is 1. The Bertz CT molecular complexity index is 738. The molecular weight excluding hydrogens is 307 g/mol. The summed E-state index contributed by atoms with van der Waals surface area (Å²) in [5, 5.41) is 7.77. The van der Waals surface area contributed by atoms with Gasteiger partial charge in [0.2, 0.25) is 0 Å². The molecule has 24 heavy (non-hydrogen) atoms. The Morgan fingerprint density at radius 1 is 1.54 bits per heavy atom. The van der Waals surface area contributed by atoms with Crippen molar-refractivity contribution in [2.75, 3.05) is 13.6 Å². The second-order valence-corrected chi connectivity index (χ2v) is 5.68. The summed E-state index contributed by atoms with van der Waals surface area (Å²) in [7, 11) is 3.23. The SMILES string of the molecule is C/C=C\C(=C/CN(C)F)NC(=O)C1=Cc2c(C)nn(C)c2CC=C1. The smallest absolute Gasteiger partial charge is 0.255 e. The van der Waals surface area contributed by atoms with Gasteiger partial charge in [0, 0.05) is 49.6 Å². The highest BCUT2D eigenvalue weighted by molar-refractivity contribution is 6.02. The summed E-state index contributed by atoms with van der Waals surface area (Å²) in [5.41, 5.74) is 4.06. The highest BCUT2D eigenvalue weighted by atomic mass is 19.2. The molecule has 1 amide bonds. The van der Waals surface area contributed by atoms with Gasteiger partial charge in [-0.15, -0.1) is 9.60 Å². The van der Waals surface area contributed by atoms with Crippen LogP contribution in [0.4, 0.5) is 4.48 Å². The number of carbonyl (C=O) groups is 1. The number of aromatic nitrogens is 2. The van der Waals surface area contributed by atoms with Crippen molar-refractivity contribution in [2.24, 2.45) is 7.05 Å². The Morgan fingerprint density at radius 2 is 2.29 bits per heavy atom. The van der Waals surface area contributed by atoms with Crippen LogP contribution in [0.15, 0.2) is 41.7 Å². The number of likely N-dealkylation sites (N-methyl/N-ethyl adjacent to an activating group) is 1. The Kier molecular flexibility index (Phi) is 5.87. The van der Waals surface area contributed by atoms with Crippen LogP contribution in [0.1, 0.15) is 23.9 Å². The van der Waals surface area contributed by atoms with Gasteiger partial charge < -0.3 is 5.32 Å². The lowest BCUT2D eigenvalue weighted by molar-refractivity contribution is -0.116. The standard InChI is InChI=1S/C18H23FN4O/c1-5-7-15(10-11-22(3)19)20-18(24)14-8-6-9-17-16(12-14)13(2)21-23(17)4/h5-8,10,12H,9,11H2,1-4H3,(H,20,24)/b7-5-,15-10+. The summed E-state index contributed by atoms with van der Waals surface area (Å²) in [6.07, 6.45) is 11.5. The largest absolute Gasteiger partial charge is 0.322 e. The van der Waals surface area contributed by atoms with Gasteiger partial charge in [-0.2, -0.15) is 5.10 Å². The van der Waals surface area contributed by atoms with E-state index in [4.69, 9.17) is 0 Å². The van der Waals surface area contributed by atoms with E-state index < -0.39 is 0 Å². The molecule has 0 radical (unpaired) electrons. The number of hydrogen-bond acceptors (Lipinski definition) is 3. The summed E-state index contributed by atoms with van der Waals surface area (Å²) in [4.78, 5) is 12.6. The van der Waals surface area contributed by atoms with Crippen molar-refractivity contribution in [1.82, 2.24) is 20.2 Å². The van der Waals surface area contributed by atoms with Gasteiger partial charge >= 0.3 is 0 Å². The van der Waals surface area contributed by atoms with Crippen molar-refractivity contribution in [3.05, 3.63) is 58.6 Å². The van der Waals surface area contributed by atoms with Gasteiger partial charge in [0.05, 0.1) is 5.69 Å². The lowest BCUT2D eigenvalue weighted by Gasteiger charge is -2.08. The molecule has 5 nitrogen and oxygen atoms in total. The van der Waals surface area contributed by atoms with Crippen LogP contribution in [0.2, 0.25) is 0 Å². The number of nitrogens with one attached hydrogen (secondary N) is 1. The Balaban J connectivity index is 2.25. The first kappa shape index (κ1) is 17.9. The van der Waals surface area contributed by atoms with Crippen molar-refractivity contribution in [2.45, 2.75) is 20.3 Å². The molecule has 0 saturated carbocycles. The normalized spacial score (nSPS) is 14.8.